The van der Waals surface area contributed by atoms with Gasteiger partial charge in [0.1, 0.15) is 0 Å². The van der Waals surface area contributed by atoms with Crippen LogP contribution in [0.1, 0.15) is 18.1 Å². The van der Waals surface area contributed by atoms with E-state index in [0.29, 0.717) is 17.1 Å². The maximum Gasteiger partial charge on any atom is 0.240 e. The van der Waals surface area contributed by atoms with Gasteiger partial charge in [-0.15, -0.1) is 0 Å². The van der Waals surface area contributed by atoms with Crippen molar-refractivity contribution < 1.29 is 13.2 Å². The van der Waals surface area contributed by atoms with Crippen LogP contribution in [0.4, 0.5) is 0 Å². The second kappa shape index (κ2) is 8.47. The van der Waals surface area contributed by atoms with E-state index in [2.05, 4.69) is 4.72 Å². The lowest BCUT2D eigenvalue weighted by Crippen LogP contribution is -2.37. The number of carbonyl (C=O) groups is 1. The summed E-state index contributed by atoms with van der Waals surface area (Å²) in [5.41, 5.74) is 1.69. The van der Waals surface area contributed by atoms with Gasteiger partial charge in [-0.2, -0.15) is 0 Å². The molecule has 0 bridgehead atoms. The Labute approximate surface area is 153 Å². The number of aryl methyl sites for hydroxylation is 1. The van der Waals surface area contributed by atoms with Gasteiger partial charge >= 0.3 is 0 Å². The van der Waals surface area contributed by atoms with E-state index in [9.17, 15) is 13.2 Å². The minimum atomic E-state index is -3.64. The van der Waals surface area contributed by atoms with Gasteiger partial charge in [0.15, 0.2) is 0 Å². The molecule has 7 heteroatoms. The van der Waals surface area contributed by atoms with E-state index in [1.165, 1.54) is 19.1 Å². The van der Waals surface area contributed by atoms with Gasteiger partial charge in [-0.1, -0.05) is 41.9 Å². The molecule has 1 amide bonds. The van der Waals surface area contributed by atoms with E-state index in [-0.39, 0.29) is 23.9 Å². The van der Waals surface area contributed by atoms with Crippen LogP contribution in [0.5, 0.6) is 0 Å². The highest BCUT2D eigenvalue weighted by molar-refractivity contribution is 7.89. The predicted molar refractivity (Wildman–Crippen MR) is 98.9 cm³/mol. The summed E-state index contributed by atoms with van der Waals surface area (Å²) in [5.74, 6) is -0.106. The van der Waals surface area contributed by atoms with Gasteiger partial charge in [-0.25, -0.2) is 13.1 Å². The molecule has 0 aromatic heterocycles. The third-order valence-electron chi connectivity index (χ3n) is 3.78. The van der Waals surface area contributed by atoms with Gasteiger partial charge < -0.3 is 4.90 Å². The molecule has 25 heavy (non-hydrogen) atoms. The number of benzene rings is 2. The first-order chi connectivity index (χ1) is 11.8. The highest BCUT2D eigenvalue weighted by Gasteiger charge is 2.16. The molecule has 0 radical (unpaired) electrons. The molecule has 0 atom stereocenters. The van der Waals surface area contributed by atoms with Gasteiger partial charge in [-0.3, -0.25) is 4.79 Å². The molecule has 0 aliphatic rings. The van der Waals surface area contributed by atoms with E-state index in [4.69, 9.17) is 11.6 Å². The summed E-state index contributed by atoms with van der Waals surface area (Å²) in [6.45, 7) is 4.09. The maximum absolute atomic E-state index is 12.3. The fourth-order valence-corrected chi connectivity index (χ4v) is 3.56. The van der Waals surface area contributed by atoms with Crippen molar-refractivity contribution >= 4 is 27.5 Å². The lowest BCUT2D eigenvalue weighted by Gasteiger charge is -2.21. The van der Waals surface area contributed by atoms with Gasteiger partial charge in [-0.05, 0) is 36.2 Å². The van der Waals surface area contributed by atoms with E-state index in [0.717, 1.165) is 5.56 Å². The number of amides is 1. The molecule has 0 saturated heterocycles. The van der Waals surface area contributed by atoms with Crippen LogP contribution in [0, 0.1) is 6.92 Å². The Morgan fingerprint density at radius 2 is 1.84 bits per heavy atom. The molecule has 5 nitrogen and oxygen atoms in total. The maximum atomic E-state index is 12.3. The smallest absolute Gasteiger partial charge is 0.240 e. The molecule has 0 heterocycles. The van der Waals surface area contributed by atoms with E-state index >= 15 is 0 Å². The van der Waals surface area contributed by atoms with Crippen LogP contribution in [0.15, 0.2) is 53.4 Å². The second-order valence-electron chi connectivity index (χ2n) is 5.73. The number of halogens is 1. The zero-order chi connectivity index (χ0) is 18.4. The van der Waals surface area contributed by atoms with Crippen molar-refractivity contribution in [2.45, 2.75) is 25.3 Å². The Balaban J connectivity index is 1.98. The van der Waals surface area contributed by atoms with Crippen LogP contribution in [-0.2, 0) is 21.4 Å². The lowest BCUT2D eigenvalue weighted by atomic mass is 10.2. The molecule has 0 fully saturated rings. The molecule has 0 unspecified atom stereocenters. The minimum Gasteiger partial charge on any atom is -0.337 e. The van der Waals surface area contributed by atoms with Crippen LogP contribution in [0.2, 0.25) is 5.02 Å². The number of sulfonamides is 1. The number of rotatable bonds is 7. The van der Waals surface area contributed by atoms with Crippen LogP contribution in [0.3, 0.4) is 0 Å². The van der Waals surface area contributed by atoms with Crippen molar-refractivity contribution in [3.05, 3.63) is 64.7 Å². The van der Waals surface area contributed by atoms with Crippen molar-refractivity contribution in [2.24, 2.45) is 0 Å². The quantitative estimate of drug-likeness (QED) is 0.803. The minimum absolute atomic E-state index is 0.106. The summed E-state index contributed by atoms with van der Waals surface area (Å²) in [4.78, 5) is 13.6. The van der Waals surface area contributed by atoms with Crippen LogP contribution in [-0.4, -0.2) is 32.3 Å². The number of hydrogen-bond donors (Lipinski definition) is 1. The molecular weight excluding hydrogens is 360 g/mol. The van der Waals surface area contributed by atoms with Crippen LogP contribution in [0.25, 0.3) is 0 Å². The van der Waals surface area contributed by atoms with Crippen molar-refractivity contribution in [3.63, 3.8) is 0 Å². The van der Waals surface area contributed by atoms with Gasteiger partial charge in [0.05, 0.1) is 4.90 Å². The molecular formula is C18H21ClN2O3S. The Kier molecular flexibility index (Phi) is 6.58. The molecule has 2 aromatic rings. The number of nitrogens with zero attached hydrogens (tertiary/aromatic N) is 1. The Bertz CT molecular complexity index is 839. The third-order valence-corrected chi connectivity index (χ3v) is 5.66. The molecule has 0 aliphatic heterocycles. The number of carbonyl (C=O) groups excluding carboxylic acids is 1. The number of hydrogen-bond acceptors (Lipinski definition) is 3. The van der Waals surface area contributed by atoms with E-state index < -0.39 is 10.0 Å². The average molecular weight is 381 g/mol. The van der Waals surface area contributed by atoms with Crippen LogP contribution >= 0.6 is 11.6 Å². The largest absolute Gasteiger partial charge is 0.337 e. The summed E-state index contributed by atoms with van der Waals surface area (Å²) in [5, 5.41) is 0.518. The summed E-state index contributed by atoms with van der Waals surface area (Å²) in [7, 11) is -3.64. The van der Waals surface area contributed by atoms with E-state index in [1.807, 2.05) is 30.3 Å². The molecule has 2 aromatic carbocycles. The highest BCUT2D eigenvalue weighted by Crippen LogP contribution is 2.19. The van der Waals surface area contributed by atoms with Gasteiger partial charge in [0.25, 0.3) is 0 Å². The molecule has 2 rings (SSSR count). The summed E-state index contributed by atoms with van der Waals surface area (Å²) in [6, 6.07) is 14.1. The number of nitrogens with one attached hydrogen (secondary N) is 1. The SMILES string of the molecule is CC(=O)N(CCNS(=O)(=O)c1ccc(Cl)c(C)c1)Cc1ccccc1. The molecule has 0 saturated carbocycles. The molecule has 134 valence electrons. The van der Waals surface area contributed by atoms with Crippen LogP contribution < -0.4 is 4.72 Å². The zero-order valence-electron chi connectivity index (χ0n) is 14.2. The fourth-order valence-electron chi connectivity index (χ4n) is 2.33. The van der Waals surface area contributed by atoms with Crippen molar-refractivity contribution in [3.8, 4) is 0 Å². The third kappa shape index (κ3) is 5.56. The average Bonchev–Trinajstić information content (AvgIpc) is 2.57. The Morgan fingerprint density at radius 3 is 2.44 bits per heavy atom. The zero-order valence-corrected chi connectivity index (χ0v) is 15.8. The fraction of sp³-hybridized carbons (Fsp3) is 0.278. The standard InChI is InChI=1S/C18H21ClN2O3S/c1-14-12-17(8-9-18(14)19)25(23,24)20-10-11-21(15(2)22)13-16-6-4-3-5-7-16/h3-9,12,20H,10-11,13H2,1-2H3. The van der Waals surface area contributed by atoms with Crippen molar-refractivity contribution in [1.82, 2.24) is 9.62 Å². The first-order valence-electron chi connectivity index (χ1n) is 7.85. The Morgan fingerprint density at radius 1 is 1.16 bits per heavy atom. The predicted octanol–water partition coefficient (Wildman–Crippen LogP) is 2.98. The van der Waals surface area contributed by atoms with Gasteiger partial charge in [0, 0.05) is 31.6 Å². The first kappa shape index (κ1) is 19.4. The molecule has 0 aliphatic carbocycles. The molecule has 1 N–H and O–H groups in total. The van der Waals surface area contributed by atoms with Crippen molar-refractivity contribution in [1.29, 1.82) is 0 Å². The Hall–Kier alpha value is -1.89. The highest BCUT2D eigenvalue weighted by atomic mass is 35.5. The summed E-state index contributed by atoms with van der Waals surface area (Å²) < 4.78 is 27.2. The summed E-state index contributed by atoms with van der Waals surface area (Å²) >= 11 is 5.93. The summed E-state index contributed by atoms with van der Waals surface area (Å²) in [6.07, 6.45) is 0. The van der Waals surface area contributed by atoms with Gasteiger partial charge in [0.2, 0.25) is 15.9 Å². The first-order valence-corrected chi connectivity index (χ1v) is 9.71. The second-order valence-corrected chi connectivity index (χ2v) is 7.91. The monoisotopic (exact) mass is 380 g/mol. The normalized spacial score (nSPS) is 11.3. The van der Waals surface area contributed by atoms with Crippen molar-refractivity contribution in [2.75, 3.05) is 13.1 Å². The lowest BCUT2D eigenvalue weighted by molar-refractivity contribution is -0.129. The topological polar surface area (TPSA) is 66.5 Å². The van der Waals surface area contributed by atoms with E-state index in [1.54, 1.807) is 17.9 Å². The molecule has 0 spiro atoms.